The van der Waals surface area contributed by atoms with E-state index >= 15 is 0 Å². The summed E-state index contributed by atoms with van der Waals surface area (Å²) >= 11 is 0. The van der Waals surface area contributed by atoms with Crippen molar-refractivity contribution in [3.63, 3.8) is 0 Å². The molecular weight excluding hydrogens is 498 g/mol. The largest absolute Gasteiger partial charge is 0.446 e. The summed E-state index contributed by atoms with van der Waals surface area (Å²) < 4.78 is 34.3. The van der Waals surface area contributed by atoms with Crippen LogP contribution < -0.4 is 0 Å². The molecule has 184 valence electrons. The monoisotopic (exact) mass is 515 g/mol. The lowest BCUT2D eigenvalue weighted by Crippen LogP contribution is -2.25. The summed E-state index contributed by atoms with van der Waals surface area (Å²) in [5.74, 6) is -0.283. The molecule has 37 heavy (non-hydrogen) atoms. The van der Waals surface area contributed by atoms with E-state index in [1.54, 1.807) is 24.3 Å². The molecule has 1 amide bonds. The van der Waals surface area contributed by atoms with Gasteiger partial charge in [0, 0.05) is 41.8 Å². The molecule has 2 heterocycles. The van der Waals surface area contributed by atoms with Crippen molar-refractivity contribution in [3.05, 3.63) is 106 Å². The summed E-state index contributed by atoms with van der Waals surface area (Å²) in [5.41, 5.74) is 0.955. The fourth-order valence-electron chi connectivity index (χ4n) is 4.03. The van der Waals surface area contributed by atoms with Crippen molar-refractivity contribution >= 4 is 38.4 Å². The Morgan fingerprint density at radius 3 is 2.54 bits per heavy atom. The quantitative estimate of drug-likeness (QED) is 0.289. The van der Waals surface area contributed by atoms with Gasteiger partial charge in [-0.1, -0.05) is 24.3 Å². The molecule has 0 N–H and O–H groups in total. The van der Waals surface area contributed by atoms with E-state index in [-0.39, 0.29) is 33.1 Å². The molecule has 0 saturated heterocycles. The minimum absolute atomic E-state index is 0.166. The van der Waals surface area contributed by atoms with Crippen LogP contribution in [0.2, 0.25) is 0 Å². The smallest absolute Gasteiger partial charge is 0.270 e. The van der Waals surface area contributed by atoms with E-state index in [0.717, 1.165) is 15.0 Å². The van der Waals surface area contributed by atoms with Crippen LogP contribution in [-0.4, -0.2) is 34.1 Å². The topological polar surface area (TPSA) is 148 Å². The number of nitro groups is 1. The molecule has 0 spiro atoms. The summed E-state index contributed by atoms with van der Waals surface area (Å²) in [6.07, 6.45) is 0.162. The lowest BCUT2D eigenvalue weighted by atomic mass is 10.1. The number of nitriles is 1. The van der Waals surface area contributed by atoms with Gasteiger partial charge in [0.25, 0.3) is 15.7 Å². The van der Waals surface area contributed by atoms with Crippen molar-refractivity contribution in [3.8, 4) is 6.07 Å². The van der Waals surface area contributed by atoms with Gasteiger partial charge in [0.15, 0.2) is 0 Å². The van der Waals surface area contributed by atoms with Crippen LogP contribution in [0, 0.1) is 21.4 Å². The number of aromatic nitrogens is 1. The van der Waals surface area contributed by atoms with Crippen molar-refractivity contribution in [1.82, 2.24) is 8.98 Å². The fourth-order valence-corrected chi connectivity index (χ4v) is 5.45. The lowest BCUT2D eigenvalue weighted by molar-refractivity contribution is -0.385. The second kappa shape index (κ2) is 8.89. The molecule has 3 aromatic carbocycles. The first-order valence-corrected chi connectivity index (χ1v) is 12.3. The number of fused-ring (bicyclic) bond motifs is 1. The number of carbonyl (C=O) groups excluding carboxylic acids is 1. The predicted molar refractivity (Wildman–Crippen MR) is 132 cm³/mol. The number of benzene rings is 3. The first kappa shape index (κ1) is 23.7. The van der Waals surface area contributed by atoms with Gasteiger partial charge in [-0.05, 0) is 36.4 Å². The SMILES string of the molecule is CC(=O)N1N=C(c2ccccc2)OC1c1cn(S(=O)(=O)c2cccc([N+](=O)[O-])c2)c2ccc(C#N)cc12. The number of hydrogen-bond donors (Lipinski definition) is 0. The maximum absolute atomic E-state index is 13.6. The summed E-state index contributed by atoms with van der Waals surface area (Å²) in [6, 6.07) is 20.0. The van der Waals surface area contributed by atoms with E-state index in [9.17, 15) is 28.6 Å². The van der Waals surface area contributed by atoms with Gasteiger partial charge >= 0.3 is 0 Å². The first-order chi connectivity index (χ1) is 17.7. The van der Waals surface area contributed by atoms with E-state index in [1.807, 2.05) is 12.1 Å². The van der Waals surface area contributed by atoms with Crippen LogP contribution in [0.25, 0.3) is 10.9 Å². The van der Waals surface area contributed by atoms with Crippen LogP contribution in [0.15, 0.2) is 89.0 Å². The van der Waals surface area contributed by atoms with Crippen LogP contribution in [-0.2, 0) is 19.6 Å². The molecule has 0 fully saturated rings. The summed E-state index contributed by atoms with van der Waals surface area (Å²) in [7, 11) is -4.32. The van der Waals surface area contributed by atoms with Gasteiger partial charge in [-0.2, -0.15) is 10.3 Å². The van der Waals surface area contributed by atoms with Crippen LogP contribution in [0.5, 0.6) is 0 Å². The third kappa shape index (κ3) is 4.07. The van der Waals surface area contributed by atoms with Crippen LogP contribution in [0.3, 0.4) is 0 Å². The van der Waals surface area contributed by atoms with Gasteiger partial charge in [-0.3, -0.25) is 14.9 Å². The maximum Gasteiger partial charge on any atom is 0.270 e. The average molecular weight is 516 g/mol. The van der Waals surface area contributed by atoms with E-state index in [1.165, 1.54) is 49.5 Å². The van der Waals surface area contributed by atoms with E-state index in [2.05, 4.69) is 5.10 Å². The van der Waals surface area contributed by atoms with Crippen molar-refractivity contribution in [2.45, 2.75) is 18.0 Å². The highest BCUT2D eigenvalue weighted by Gasteiger charge is 2.36. The molecule has 1 atom stereocenters. The highest BCUT2D eigenvalue weighted by Crippen LogP contribution is 2.37. The average Bonchev–Trinajstić information content (AvgIpc) is 3.51. The normalized spacial score (nSPS) is 15.2. The van der Waals surface area contributed by atoms with Gasteiger partial charge in [0.2, 0.25) is 18.0 Å². The molecule has 12 heteroatoms. The Balaban J connectivity index is 1.69. The highest BCUT2D eigenvalue weighted by molar-refractivity contribution is 7.90. The zero-order valence-corrected chi connectivity index (χ0v) is 20.0. The van der Waals surface area contributed by atoms with Crippen LogP contribution >= 0.6 is 0 Å². The maximum atomic E-state index is 13.6. The number of nitro benzene ring substituents is 1. The molecule has 1 aliphatic heterocycles. The van der Waals surface area contributed by atoms with Crippen molar-refractivity contribution < 1.29 is 22.9 Å². The molecule has 0 bridgehead atoms. The standard InChI is InChI=1S/C25H17N5O6S/c1-16(31)29-25(36-24(27-29)18-6-3-2-4-7-18)22-15-28(23-11-10-17(14-26)12-21(22)23)37(34,35)20-9-5-8-19(13-20)30(32)33/h2-13,15,25H,1H3. The minimum atomic E-state index is -4.32. The Morgan fingerprint density at radius 1 is 1.11 bits per heavy atom. The summed E-state index contributed by atoms with van der Waals surface area (Å²) in [4.78, 5) is 22.7. The predicted octanol–water partition coefficient (Wildman–Crippen LogP) is 3.90. The molecule has 0 aliphatic carbocycles. The zero-order valence-electron chi connectivity index (χ0n) is 19.2. The molecule has 5 rings (SSSR count). The second-order valence-electron chi connectivity index (χ2n) is 8.09. The third-order valence-electron chi connectivity index (χ3n) is 5.77. The number of carbonyl (C=O) groups is 1. The Morgan fingerprint density at radius 2 is 1.86 bits per heavy atom. The fraction of sp³-hybridized carbons (Fsp3) is 0.0800. The molecule has 0 radical (unpaired) electrons. The molecular formula is C25H17N5O6S. The number of ether oxygens (including phenoxy) is 1. The Labute approximate surface area is 210 Å². The van der Waals surface area contributed by atoms with E-state index < -0.39 is 27.1 Å². The van der Waals surface area contributed by atoms with Gasteiger partial charge in [-0.15, -0.1) is 5.10 Å². The number of non-ortho nitro benzene ring substituents is 1. The molecule has 1 aliphatic rings. The number of nitrogens with zero attached hydrogens (tertiary/aromatic N) is 5. The zero-order chi connectivity index (χ0) is 26.3. The summed E-state index contributed by atoms with van der Waals surface area (Å²) in [5, 5.41) is 26.4. The van der Waals surface area contributed by atoms with Gasteiger partial charge < -0.3 is 4.74 Å². The number of amides is 1. The minimum Gasteiger partial charge on any atom is -0.446 e. The Bertz CT molecular complexity index is 1760. The first-order valence-electron chi connectivity index (χ1n) is 10.9. The molecule has 4 aromatic rings. The second-order valence-corrected chi connectivity index (χ2v) is 9.90. The van der Waals surface area contributed by atoms with Crippen molar-refractivity contribution in [2.75, 3.05) is 0 Å². The molecule has 0 saturated carbocycles. The van der Waals surface area contributed by atoms with Crippen LogP contribution in [0.4, 0.5) is 5.69 Å². The van der Waals surface area contributed by atoms with E-state index in [0.29, 0.717) is 10.9 Å². The highest BCUT2D eigenvalue weighted by atomic mass is 32.2. The van der Waals surface area contributed by atoms with Gasteiger partial charge in [0.1, 0.15) is 0 Å². The molecule has 1 aromatic heterocycles. The number of hydrogen-bond acceptors (Lipinski definition) is 8. The number of rotatable bonds is 5. The Kier molecular flexibility index (Phi) is 5.69. The number of hydrazone groups is 1. The van der Waals surface area contributed by atoms with Gasteiger partial charge in [-0.25, -0.2) is 12.4 Å². The molecule has 11 nitrogen and oxygen atoms in total. The summed E-state index contributed by atoms with van der Waals surface area (Å²) in [6.45, 7) is 1.30. The van der Waals surface area contributed by atoms with Gasteiger partial charge in [0.05, 0.1) is 27.0 Å². The molecule has 1 unspecified atom stereocenters. The third-order valence-corrected chi connectivity index (χ3v) is 7.44. The van der Waals surface area contributed by atoms with Crippen molar-refractivity contribution in [1.29, 1.82) is 5.26 Å². The lowest BCUT2D eigenvalue weighted by Gasteiger charge is -2.18. The van der Waals surface area contributed by atoms with E-state index in [4.69, 9.17) is 4.74 Å². The van der Waals surface area contributed by atoms with Crippen molar-refractivity contribution in [2.24, 2.45) is 5.10 Å². The van der Waals surface area contributed by atoms with Crippen LogP contribution in [0.1, 0.15) is 29.8 Å². The Hall–Kier alpha value is -5.02.